The number of aromatic nitrogens is 2. The lowest BCUT2D eigenvalue weighted by atomic mass is 10.2. The van der Waals surface area contributed by atoms with Crippen molar-refractivity contribution in [1.82, 2.24) is 15.5 Å². The Bertz CT molecular complexity index is 383. The third-order valence-corrected chi connectivity index (χ3v) is 2.94. The second kappa shape index (κ2) is 5.90. The van der Waals surface area contributed by atoms with E-state index in [0.29, 0.717) is 0 Å². The van der Waals surface area contributed by atoms with Crippen LogP contribution < -0.4 is 5.32 Å². The summed E-state index contributed by atoms with van der Waals surface area (Å²) in [6, 6.07) is 4.16. The molecule has 15 heavy (non-hydrogen) atoms. The standard InChI is InChI=1S/C10H13N3S.ClH/c1-2-11-6-8-7-12-13-10(8)9-4-3-5-14-9;/h3-5,7,11H,2,6H2,1H3,(H,12,13);1H. The van der Waals surface area contributed by atoms with Gasteiger partial charge in [-0.25, -0.2) is 0 Å². The molecule has 0 spiro atoms. The van der Waals surface area contributed by atoms with Crippen molar-refractivity contribution in [3.8, 4) is 10.6 Å². The summed E-state index contributed by atoms with van der Waals surface area (Å²) in [5, 5.41) is 12.5. The van der Waals surface area contributed by atoms with E-state index in [0.717, 1.165) is 18.8 Å². The monoisotopic (exact) mass is 243 g/mol. The molecule has 0 saturated carbocycles. The van der Waals surface area contributed by atoms with Crippen LogP contribution in [0.3, 0.4) is 0 Å². The van der Waals surface area contributed by atoms with Gasteiger partial charge in [-0.1, -0.05) is 13.0 Å². The Hall–Kier alpha value is -0.840. The minimum atomic E-state index is 0. The molecule has 82 valence electrons. The van der Waals surface area contributed by atoms with Gasteiger partial charge < -0.3 is 5.32 Å². The predicted molar refractivity (Wildman–Crippen MR) is 66.5 cm³/mol. The number of H-pyrrole nitrogens is 1. The first kappa shape index (κ1) is 12.2. The summed E-state index contributed by atoms with van der Waals surface area (Å²) in [7, 11) is 0. The lowest BCUT2D eigenvalue weighted by Crippen LogP contribution is -2.11. The van der Waals surface area contributed by atoms with Crippen LogP contribution in [0.25, 0.3) is 10.6 Å². The van der Waals surface area contributed by atoms with Crippen molar-refractivity contribution in [1.29, 1.82) is 0 Å². The Morgan fingerprint density at radius 2 is 2.40 bits per heavy atom. The van der Waals surface area contributed by atoms with E-state index < -0.39 is 0 Å². The maximum atomic E-state index is 4.07. The van der Waals surface area contributed by atoms with Crippen molar-refractivity contribution in [3.05, 3.63) is 29.3 Å². The maximum Gasteiger partial charge on any atom is 0.0794 e. The van der Waals surface area contributed by atoms with Crippen LogP contribution in [0, 0.1) is 0 Å². The van der Waals surface area contributed by atoms with Gasteiger partial charge in [0, 0.05) is 12.1 Å². The summed E-state index contributed by atoms with van der Waals surface area (Å²) < 4.78 is 0. The molecule has 0 aromatic carbocycles. The van der Waals surface area contributed by atoms with Crippen LogP contribution >= 0.6 is 23.7 Å². The molecule has 0 bridgehead atoms. The molecular formula is C10H14ClN3S. The molecule has 0 amide bonds. The van der Waals surface area contributed by atoms with Crippen molar-refractivity contribution in [3.63, 3.8) is 0 Å². The number of hydrogen-bond acceptors (Lipinski definition) is 3. The highest BCUT2D eigenvalue weighted by Gasteiger charge is 2.07. The Morgan fingerprint density at radius 3 is 3.07 bits per heavy atom. The van der Waals surface area contributed by atoms with Crippen LogP contribution in [0.4, 0.5) is 0 Å². The molecule has 0 atom stereocenters. The average molecular weight is 244 g/mol. The van der Waals surface area contributed by atoms with Crippen molar-refractivity contribution in [2.45, 2.75) is 13.5 Å². The van der Waals surface area contributed by atoms with E-state index >= 15 is 0 Å². The molecule has 2 heterocycles. The second-order valence-corrected chi connectivity index (χ2v) is 3.98. The summed E-state index contributed by atoms with van der Waals surface area (Å²) in [6.45, 7) is 3.96. The quantitative estimate of drug-likeness (QED) is 0.867. The third-order valence-electron chi connectivity index (χ3n) is 2.05. The van der Waals surface area contributed by atoms with E-state index in [-0.39, 0.29) is 12.4 Å². The average Bonchev–Trinajstić information content (AvgIpc) is 2.84. The van der Waals surface area contributed by atoms with Gasteiger partial charge in [-0.3, -0.25) is 5.10 Å². The van der Waals surface area contributed by atoms with Gasteiger partial charge in [0.25, 0.3) is 0 Å². The summed E-state index contributed by atoms with van der Waals surface area (Å²) in [5.41, 5.74) is 2.37. The Morgan fingerprint density at radius 1 is 1.53 bits per heavy atom. The molecular weight excluding hydrogens is 230 g/mol. The van der Waals surface area contributed by atoms with Gasteiger partial charge in [-0.2, -0.15) is 5.10 Å². The van der Waals surface area contributed by atoms with Crippen molar-refractivity contribution in [2.75, 3.05) is 6.54 Å². The normalized spacial score (nSPS) is 9.93. The molecule has 0 unspecified atom stereocenters. The van der Waals surface area contributed by atoms with Gasteiger partial charge in [-0.05, 0) is 18.0 Å². The summed E-state index contributed by atoms with van der Waals surface area (Å²) >= 11 is 1.73. The van der Waals surface area contributed by atoms with Gasteiger partial charge in [-0.15, -0.1) is 23.7 Å². The fourth-order valence-electron chi connectivity index (χ4n) is 1.34. The molecule has 2 N–H and O–H groups in total. The number of rotatable bonds is 4. The molecule has 0 fully saturated rings. The minimum Gasteiger partial charge on any atom is -0.313 e. The lowest BCUT2D eigenvalue weighted by Gasteiger charge is -2.00. The first-order chi connectivity index (χ1) is 6.92. The molecule has 0 radical (unpaired) electrons. The largest absolute Gasteiger partial charge is 0.313 e. The molecule has 2 rings (SSSR count). The van der Waals surface area contributed by atoms with Crippen molar-refractivity contribution in [2.24, 2.45) is 0 Å². The minimum absolute atomic E-state index is 0. The van der Waals surface area contributed by atoms with E-state index in [4.69, 9.17) is 0 Å². The van der Waals surface area contributed by atoms with E-state index in [1.165, 1.54) is 10.4 Å². The van der Waals surface area contributed by atoms with Crippen LogP contribution in [0.2, 0.25) is 0 Å². The zero-order valence-corrected chi connectivity index (χ0v) is 10.1. The first-order valence-electron chi connectivity index (χ1n) is 4.68. The zero-order chi connectivity index (χ0) is 9.80. The van der Waals surface area contributed by atoms with E-state index in [1.54, 1.807) is 11.3 Å². The number of aromatic amines is 1. The van der Waals surface area contributed by atoms with Gasteiger partial charge in [0.05, 0.1) is 16.8 Å². The van der Waals surface area contributed by atoms with Crippen molar-refractivity contribution >= 4 is 23.7 Å². The van der Waals surface area contributed by atoms with Crippen molar-refractivity contribution < 1.29 is 0 Å². The fourth-order valence-corrected chi connectivity index (χ4v) is 2.09. The molecule has 2 aromatic heterocycles. The Kier molecular flexibility index (Phi) is 4.81. The molecule has 0 aliphatic heterocycles. The van der Waals surface area contributed by atoms with Crippen LogP contribution in [0.1, 0.15) is 12.5 Å². The molecule has 0 saturated heterocycles. The molecule has 5 heteroatoms. The van der Waals surface area contributed by atoms with Gasteiger partial charge >= 0.3 is 0 Å². The predicted octanol–water partition coefficient (Wildman–Crippen LogP) is 2.67. The maximum absolute atomic E-state index is 4.07. The Labute approximate surface area is 99.3 Å². The lowest BCUT2D eigenvalue weighted by molar-refractivity contribution is 0.728. The summed E-state index contributed by atoms with van der Waals surface area (Å²) in [5.74, 6) is 0. The van der Waals surface area contributed by atoms with E-state index in [2.05, 4.69) is 40.0 Å². The highest BCUT2D eigenvalue weighted by Crippen LogP contribution is 2.25. The molecule has 3 nitrogen and oxygen atoms in total. The second-order valence-electron chi connectivity index (χ2n) is 3.03. The van der Waals surface area contributed by atoms with E-state index in [1.807, 2.05) is 6.20 Å². The smallest absolute Gasteiger partial charge is 0.0794 e. The number of thiophene rings is 1. The van der Waals surface area contributed by atoms with Gasteiger partial charge in [0.1, 0.15) is 0 Å². The van der Waals surface area contributed by atoms with Gasteiger partial charge in [0.2, 0.25) is 0 Å². The third kappa shape index (κ3) is 2.81. The molecule has 0 aliphatic rings. The van der Waals surface area contributed by atoms with Crippen LogP contribution in [-0.2, 0) is 6.54 Å². The van der Waals surface area contributed by atoms with Crippen LogP contribution in [0.15, 0.2) is 23.7 Å². The molecule has 2 aromatic rings. The number of hydrogen-bond donors (Lipinski definition) is 2. The molecule has 0 aliphatic carbocycles. The highest BCUT2D eigenvalue weighted by molar-refractivity contribution is 7.13. The Balaban J connectivity index is 0.00000112. The number of halogens is 1. The number of nitrogens with one attached hydrogen (secondary N) is 2. The first-order valence-corrected chi connectivity index (χ1v) is 5.56. The van der Waals surface area contributed by atoms with E-state index in [9.17, 15) is 0 Å². The van der Waals surface area contributed by atoms with Gasteiger partial charge in [0.15, 0.2) is 0 Å². The SMILES string of the molecule is CCNCc1cn[nH]c1-c1cccs1.Cl. The summed E-state index contributed by atoms with van der Waals surface area (Å²) in [6.07, 6.45) is 1.89. The topological polar surface area (TPSA) is 40.7 Å². The zero-order valence-electron chi connectivity index (χ0n) is 8.49. The fraction of sp³-hybridized carbons (Fsp3) is 0.300. The highest BCUT2D eigenvalue weighted by atomic mass is 35.5. The van der Waals surface area contributed by atoms with Crippen LogP contribution in [-0.4, -0.2) is 16.7 Å². The summed E-state index contributed by atoms with van der Waals surface area (Å²) in [4.78, 5) is 1.25. The number of nitrogens with zero attached hydrogens (tertiary/aromatic N) is 1. The van der Waals surface area contributed by atoms with Crippen LogP contribution in [0.5, 0.6) is 0 Å².